The van der Waals surface area contributed by atoms with Crippen LogP contribution in [-0.2, 0) is 23.2 Å². The molecule has 0 aromatic carbocycles. The number of rotatable bonds is 7. The summed E-state index contributed by atoms with van der Waals surface area (Å²) in [7, 11) is -3.27. The van der Waals surface area contributed by atoms with E-state index >= 15 is 0 Å². The molecule has 19 heavy (non-hydrogen) atoms. The molecule has 1 heterocycles. The summed E-state index contributed by atoms with van der Waals surface area (Å²) in [5.41, 5.74) is 0. The lowest BCUT2D eigenvalue weighted by Gasteiger charge is -2.23. The summed E-state index contributed by atoms with van der Waals surface area (Å²) in [6.45, 7) is 5.76. The molecule has 1 fully saturated rings. The highest BCUT2D eigenvalue weighted by Gasteiger charge is 2.37. The van der Waals surface area contributed by atoms with Gasteiger partial charge in [0.15, 0.2) is 0 Å². The smallest absolute Gasteiger partial charge is 0.344 e. The quantitative estimate of drug-likeness (QED) is 0.706. The van der Waals surface area contributed by atoms with E-state index in [2.05, 4.69) is 5.32 Å². The van der Waals surface area contributed by atoms with Gasteiger partial charge in [0, 0.05) is 13.5 Å². The van der Waals surface area contributed by atoms with Crippen molar-refractivity contribution in [2.24, 2.45) is 0 Å². The summed E-state index contributed by atoms with van der Waals surface area (Å²) in [6.07, 6.45) is 0.445. The van der Waals surface area contributed by atoms with E-state index in [1.54, 1.807) is 13.8 Å². The van der Waals surface area contributed by atoms with Crippen LogP contribution in [0, 0.1) is 0 Å². The number of nitrogens with zero attached hydrogens (tertiary/aromatic N) is 1. The van der Waals surface area contributed by atoms with Crippen molar-refractivity contribution in [2.75, 3.05) is 26.0 Å². The van der Waals surface area contributed by atoms with Crippen molar-refractivity contribution < 1.29 is 23.2 Å². The van der Waals surface area contributed by atoms with E-state index in [9.17, 15) is 14.2 Å². The fourth-order valence-electron chi connectivity index (χ4n) is 1.98. The highest BCUT2D eigenvalue weighted by atomic mass is 31.2. The van der Waals surface area contributed by atoms with Gasteiger partial charge in [-0.1, -0.05) is 0 Å². The Bertz CT molecular complexity index is 377. The van der Waals surface area contributed by atoms with Crippen LogP contribution < -0.4 is 5.32 Å². The largest absolute Gasteiger partial charge is 0.349 e. The van der Waals surface area contributed by atoms with E-state index in [0.717, 1.165) is 0 Å². The van der Waals surface area contributed by atoms with Gasteiger partial charge < -0.3 is 19.3 Å². The highest BCUT2D eigenvalue weighted by molar-refractivity contribution is 7.53. The van der Waals surface area contributed by atoms with E-state index in [4.69, 9.17) is 9.05 Å². The number of amides is 2. The van der Waals surface area contributed by atoms with Crippen molar-refractivity contribution in [2.45, 2.75) is 33.2 Å². The maximum atomic E-state index is 12.3. The molecule has 0 aromatic rings. The molecule has 8 heteroatoms. The molecule has 1 N–H and O–H groups in total. The van der Waals surface area contributed by atoms with E-state index in [0.29, 0.717) is 13.0 Å². The average Bonchev–Trinajstić information content (AvgIpc) is 2.61. The summed E-state index contributed by atoms with van der Waals surface area (Å²) in [5.74, 6) is -0.493. The predicted molar refractivity (Wildman–Crippen MR) is 69.7 cm³/mol. The normalized spacial score (nSPS) is 19.8. The van der Waals surface area contributed by atoms with Gasteiger partial charge in [-0.25, -0.2) is 0 Å². The molecule has 2 amide bonds. The minimum Gasteiger partial charge on any atom is -0.344 e. The first-order valence-electron chi connectivity index (χ1n) is 6.36. The predicted octanol–water partition coefficient (Wildman–Crippen LogP) is 0.947. The third-order valence-electron chi connectivity index (χ3n) is 2.67. The summed E-state index contributed by atoms with van der Waals surface area (Å²) < 4.78 is 22.6. The van der Waals surface area contributed by atoms with Crippen LogP contribution in [0.1, 0.15) is 27.2 Å². The third-order valence-corrected chi connectivity index (χ3v) is 4.66. The zero-order chi connectivity index (χ0) is 14.5. The number of carbonyl (C=O) groups is 2. The van der Waals surface area contributed by atoms with Crippen molar-refractivity contribution in [3.8, 4) is 0 Å². The van der Waals surface area contributed by atoms with Crippen molar-refractivity contribution in [3.63, 3.8) is 0 Å². The van der Waals surface area contributed by atoms with Crippen LogP contribution in [0.3, 0.4) is 0 Å². The third kappa shape index (κ3) is 4.60. The molecule has 1 aliphatic rings. The molecule has 0 aliphatic carbocycles. The molecule has 0 aromatic heterocycles. The van der Waals surface area contributed by atoms with Gasteiger partial charge in [0.2, 0.25) is 11.8 Å². The first kappa shape index (κ1) is 16.1. The zero-order valence-electron chi connectivity index (χ0n) is 11.5. The zero-order valence-corrected chi connectivity index (χ0v) is 12.4. The second-order valence-corrected chi connectivity index (χ2v) is 6.25. The van der Waals surface area contributed by atoms with Gasteiger partial charge in [0.05, 0.1) is 13.2 Å². The number of carbonyl (C=O) groups excluding carboxylic acids is 2. The molecule has 1 rings (SSSR count). The average molecular weight is 292 g/mol. The second-order valence-electron chi connectivity index (χ2n) is 4.23. The van der Waals surface area contributed by atoms with Crippen molar-refractivity contribution in [1.82, 2.24) is 10.2 Å². The molecule has 0 radical (unpaired) electrons. The maximum absolute atomic E-state index is 12.3. The lowest BCUT2D eigenvalue weighted by Crippen LogP contribution is -2.40. The van der Waals surface area contributed by atoms with Crippen LogP contribution in [0.2, 0.25) is 0 Å². The van der Waals surface area contributed by atoms with Gasteiger partial charge in [0.25, 0.3) is 0 Å². The van der Waals surface area contributed by atoms with E-state index in [1.807, 2.05) is 0 Å². The Morgan fingerprint density at radius 3 is 2.47 bits per heavy atom. The number of hydrogen-bond donors (Lipinski definition) is 1. The first-order chi connectivity index (χ1) is 8.91. The Morgan fingerprint density at radius 1 is 1.42 bits per heavy atom. The minimum absolute atomic E-state index is 0.0659. The summed E-state index contributed by atoms with van der Waals surface area (Å²) >= 11 is 0. The van der Waals surface area contributed by atoms with Crippen LogP contribution in [0.4, 0.5) is 0 Å². The first-order valence-corrected chi connectivity index (χ1v) is 8.08. The molecular formula is C11H21N2O5P. The summed E-state index contributed by atoms with van der Waals surface area (Å²) in [6, 6.07) is -0.533. The van der Waals surface area contributed by atoms with Gasteiger partial charge in [0.1, 0.15) is 12.3 Å². The Morgan fingerprint density at radius 2 is 2.00 bits per heavy atom. The molecule has 1 unspecified atom stereocenters. The van der Waals surface area contributed by atoms with Crippen molar-refractivity contribution in [3.05, 3.63) is 0 Å². The molecule has 0 bridgehead atoms. The fourth-order valence-corrected chi connectivity index (χ4v) is 3.70. The van der Waals surface area contributed by atoms with Gasteiger partial charge >= 0.3 is 7.60 Å². The molecular weight excluding hydrogens is 271 g/mol. The molecule has 1 aliphatic heterocycles. The second kappa shape index (κ2) is 7.03. The van der Waals surface area contributed by atoms with Crippen LogP contribution in [0.15, 0.2) is 0 Å². The van der Waals surface area contributed by atoms with Gasteiger partial charge in [-0.05, 0) is 20.3 Å². The monoisotopic (exact) mass is 292 g/mol. The van der Waals surface area contributed by atoms with E-state index < -0.39 is 13.6 Å². The van der Waals surface area contributed by atoms with Crippen molar-refractivity contribution >= 4 is 19.4 Å². The van der Waals surface area contributed by atoms with Crippen LogP contribution >= 0.6 is 7.60 Å². The van der Waals surface area contributed by atoms with E-state index in [1.165, 1.54) is 11.8 Å². The standard InChI is InChI=1S/C11H21N2O5P/c1-4-17-19(16,18-5-2)8-13-7-6-10(11(13)15)12-9(3)14/h10H,4-8H2,1-3H3,(H,12,14). The van der Waals surface area contributed by atoms with Crippen LogP contribution in [0.5, 0.6) is 0 Å². The molecule has 7 nitrogen and oxygen atoms in total. The van der Waals surface area contributed by atoms with Crippen LogP contribution in [-0.4, -0.2) is 48.8 Å². The summed E-state index contributed by atoms with van der Waals surface area (Å²) in [4.78, 5) is 24.4. The van der Waals surface area contributed by atoms with Gasteiger partial charge in [-0.15, -0.1) is 0 Å². The Labute approximate surface area is 113 Å². The van der Waals surface area contributed by atoms with E-state index in [-0.39, 0.29) is 31.3 Å². The molecule has 0 saturated carbocycles. The maximum Gasteiger partial charge on any atom is 0.349 e. The Balaban J connectivity index is 2.64. The summed E-state index contributed by atoms with van der Waals surface area (Å²) in [5, 5.41) is 2.57. The number of nitrogens with one attached hydrogen (secondary N) is 1. The number of hydrogen-bond acceptors (Lipinski definition) is 5. The van der Waals surface area contributed by atoms with Gasteiger partial charge in [-0.3, -0.25) is 14.2 Å². The van der Waals surface area contributed by atoms with Gasteiger partial charge in [-0.2, -0.15) is 0 Å². The molecule has 1 atom stereocenters. The SMILES string of the molecule is CCOP(=O)(CN1CCC(NC(C)=O)C1=O)OCC. The molecule has 110 valence electrons. The lowest BCUT2D eigenvalue weighted by molar-refractivity contribution is -0.131. The Kier molecular flexibility index (Phi) is 5.97. The molecule has 1 saturated heterocycles. The molecule has 0 spiro atoms. The fraction of sp³-hybridized carbons (Fsp3) is 0.818. The van der Waals surface area contributed by atoms with Crippen molar-refractivity contribution in [1.29, 1.82) is 0 Å². The number of likely N-dealkylation sites (tertiary alicyclic amines) is 1. The Hall–Kier alpha value is -0.910. The van der Waals surface area contributed by atoms with Crippen LogP contribution in [0.25, 0.3) is 0 Å². The minimum atomic E-state index is -3.27. The highest BCUT2D eigenvalue weighted by Crippen LogP contribution is 2.49. The lowest BCUT2D eigenvalue weighted by atomic mass is 10.2. The topological polar surface area (TPSA) is 84.9 Å².